The van der Waals surface area contributed by atoms with E-state index in [0.717, 1.165) is 29.2 Å². The largest absolute Gasteiger partial charge is 0.309 e. The molecule has 5 heteroatoms. The fraction of sp³-hybridized carbons (Fsp3) is 0.400. The Morgan fingerprint density at radius 2 is 2.10 bits per heavy atom. The highest BCUT2D eigenvalue weighted by Gasteiger charge is 2.06. The molecule has 1 atom stereocenters. The van der Waals surface area contributed by atoms with E-state index in [4.69, 9.17) is 0 Å². The first-order chi connectivity index (χ1) is 9.69. The summed E-state index contributed by atoms with van der Waals surface area (Å²) >= 11 is 3.47. The summed E-state index contributed by atoms with van der Waals surface area (Å²) in [6.45, 7) is 2.98. The van der Waals surface area contributed by atoms with Gasteiger partial charge in [-0.15, -0.1) is 11.3 Å². The van der Waals surface area contributed by atoms with Crippen molar-refractivity contribution in [1.82, 2.24) is 10.3 Å². The molecule has 2 nitrogen and oxygen atoms in total. The molecule has 2 rings (SSSR count). The molecule has 1 aromatic carbocycles. The fourth-order valence-electron chi connectivity index (χ4n) is 1.79. The zero-order valence-corrected chi connectivity index (χ0v) is 13.4. The number of hydrogen-bond acceptors (Lipinski definition) is 4. The third-order valence-corrected chi connectivity index (χ3v) is 4.61. The van der Waals surface area contributed by atoms with Gasteiger partial charge in [0.15, 0.2) is 0 Å². The van der Waals surface area contributed by atoms with Crippen LogP contribution < -0.4 is 5.32 Å². The summed E-state index contributed by atoms with van der Waals surface area (Å²) in [5.74, 6) is 0.960. The van der Waals surface area contributed by atoms with E-state index >= 15 is 0 Å². The summed E-state index contributed by atoms with van der Waals surface area (Å²) < 4.78 is 12.9. The van der Waals surface area contributed by atoms with E-state index in [1.54, 1.807) is 23.5 Å². The second-order valence-electron chi connectivity index (χ2n) is 4.71. The van der Waals surface area contributed by atoms with Gasteiger partial charge in [0, 0.05) is 23.5 Å². The number of hydrogen-bond donors (Lipinski definition) is 1. The SMILES string of the molecule is CSCCC(C)NCc1csc(-c2ccc(F)cc2)n1. The number of aromatic nitrogens is 1. The minimum Gasteiger partial charge on any atom is -0.309 e. The molecule has 0 radical (unpaired) electrons. The lowest BCUT2D eigenvalue weighted by molar-refractivity contribution is 0.533. The minimum absolute atomic E-state index is 0.213. The highest BCUT2D eigenvalue weighted by atomic mass is 32.2. The molecule has 20 heavy (non-hydrogen) atoms. The number of nitrogens with one attached hydrogen (secondary N) is 1. The van der Waals surface area contributed by atoms with Gasteiger partial charge in [-0.1, -0.05) is 0 Å². The van der Waals surface area contributed by atoms with Crippen LogP contribution in [-0.4, -0.2) is 23.0 Å². The van der Waals surface area contributed by atoms with Gasteiger partial charge >= 0.3 is 0 Å². The normalized spacial score (nSPS) is 12.6. The van der Waals surface area contributed by atoms with Gasteiger partial charge in [0.25, 0.3) is 0 Å². The van der Waals surface area contributed by atoms with E-state index in [2.05, 4.69) is 28.9 Å². The maximum Gasteiger partial charge on any atom is 0.123 e. The summed E-state index contributed by atoms with van der Waals surface area (Å²) in [5.41, 5.74) is 2.02. The smallest absolute Gasteiger partial charge is 0.123 e. The molecule has 1 aromatic heterocycles. The molecule has 0 aliphatic rings. The summed E-state index contributed by atoms with van der Waals surface area (Å²) in [4.78, 5) is 4.59. The van der Waals surface area contributed by atoms with Crippen molar-refractivity contribution in [2.24, 2.45) is 0 Å². The van der Waals surface area contributed by atoms with Crippen molar-refractivity contribution in [1.29, 1.82) is 0 Å². The van der Waals surface area contributed by atoms with E-state index in [0.29, 0.717) is 6.04 Å². The third kappa shape index (κ3) is 4.58. The Hall–Kier alpha value is -0.910. The number of thiazole rings is 1. The van der Waals surface area contributed by atoms with Gasteiger partial charge < -0.3 is 5.32 Å². The van der Waals surface area contributed by atoms with Crippen molar-refractivity contribution in [3.8, 4) is 10.6 Å². The molecule has 0 aliphatic heterocycles. The van der Waals surface area contributed by atoms with E-state index in [1.165, 1.54) is 17.9 Å². The topological polar surface area (TPSA) is 24.9 Å². The zero-order chi connectivity index (χ0) is 14.4. The molecule has 0 amide bonds. The molecule has 0 saturated carbocycles. The van der Waals surface area contributed by atoms with E-state index in [9.17, 15) is 4.39 Å². The molecule has 0 aliphatic carbocycles. The monoisotopic (exact) mass is 310 g/mol. The minimum atomic E-state index is -0.213. The molecule has 0 spiro atoms. The highest BCUT2D eigenvalue weighted by Crippen LogP contribution is 2.23. The van der Waals surface area contributed by atoms with Crippen LogP contribution in [0.15, 0.2) is 29.6 Å². The second-order valence-corrected chi connectivity index (χ2v) is 6.56. The first kappa shape index (κ1) is 15.5. The molecule has 2 aromatic rings. The molecule has 108 valence electrons. The standard InChI is InChI=1S/C15H19FN2S2/c1-11(7-8-19-2)17-9-14-10-20-15(18-14)12-3-5-13(16)6-4-12/h3-6,10-11,17H,7-9H2,1-2H3. The average Bonchev–Trinajstić information content (AvgIpc) is 2.92. The molecular weight excluding hydrogens is 291 g/mol. The Morgan fingerprint density at radius 3 is 2.80 bits per heavy atom. The van der Waals surface area contributed by atoms with Crippen LogP contribution in [0.1, 0.15) is 19.0 Å². The summed E-state index contributed by atoms with van der Waals surface area (Å²) in [7, 11) is 0. The Morgan fingerprint density at radius 1 is 1.35 bits per heavy atom. The van der Waals surface area contributed by atoms with Gasteiger partial charge in [-0.25, -0.2) is 9.37 Å². The predicted molar refractivity (Wildman–Crippen MR) is 86.8 cm³/mol. The number of benzene rings is 1. The summed E-state index contributed by atoms with van der Waals surface area (Å²) in [6.07, 6.45) is 3.29. The van der Waals surface area contributed by atoms with Gasteiger partial charge in [-0.3, -0.25) is 0 Å². The average molecular weight is 310 g/mol. The lowest BCUT2D eigenvalue weighted by Gasteiger charge is -2.11. The molecular formula is C15H19FN2S2. The van der Waals surface area contributed by atoms with Crippen molar-refractivity contribution < 1.29 is 4.39 Å². The van der Waals surface area contributed by atoms with Crippen LogP contribution in [0.4, 0.5) is 4.39 Å². The molecule has 0 saturated heterocycles. The molecule has 0 fully saturated rings. The zero-order valence-electron chi connectivity index (χ0n) is 11.7. The molecule has 1 heterocycles. The van der Waals surface area contributed by atoms with Gasteiger partial charge in [0.1, 0.15) is 10.8 Å². The van der Waals surface area contributed by atoms with Crippen molar-refractivity contribution in [3.05, 3.63) is 41.2 Å². The van der Waals surface area contributed by atoms with E-state index in [1.807, 2.05) is 11.8 Å². The Bertz CT molecular complexity index is 525. The van der Waals surface area contributed by atoms with Crippen molar-refractivity contribution in [2.45, 2.75) is 25.9 Å². The molecule has 1 unspecified atom stereocenters. The van der Waals surface area contributed by atoms with Gasteiger partial charge in [0.2, 0.25) is 0 Å². The quantitative estimate of drug-likeness (QED) is 0.830. The summed E-state index contributed by atoms with van der Waals surface area (Å²) in [6, 6.07) is 6.98. The lowest BCUT2D eigenvalue weighted by atomic mass is 10.2. The summed E-state index contributed by atoms with van der Waals surface area (Å²) in [5, 5.41) is 6.48. The number of halogens is 1. The number of rotatable bonds is 7. The Labute approximate surface area is 127 Å². The Balaban J connectivity index is 1.90. The second kappa shape index (κ2) is 7.76. The number of nitrogens with zero attached hydrogens (tertiary/aromatic N) is 1. The lowest BCUT2D eigenvalue weighted by Crippen LogP contribution is -2.26. The fourth-order valence-corrected chi connectivity index (χ4v) is 3.20. The van der Waals surface area contributed by atoms with Crippen LogP contribution in [0.2, 0.25) is 0 Å². The van der Waals surface area contributed by atoms with Crippen LogP contribution in [0.5, 0.6) is 0 Å². The van der Waals surface area contributed by atoms with Crippen LogP contribution >= 0.6 is 23.1 Å². The molecule has 1 N–H and O–H groups in total. The van der Waals surface area contributed by atoms with Crippen LogP contribution in [0.25, 0.3) is 10.6 Å². The van der Waals surface area contributed by atoms with E-state index < -0.39 is 0 Å². The van der Waals surface area contributed by atoms with Gasteiger partial charge in [-0.2, -0.15) is 11.8 Å². The first-order valence-corrected chi connectivity index (χ1v) is 8.89. The van der Waals surface area contributed by atoms with Crippen LogP contribution in [-0.2, 0) is 6.54 Å². The maximum atomic E-state index is 12.9. The van der Waals surface area contributed by atoms with Crippen molar-refractivity contribution >= 4 is 23.1 Å². The third-order valence-electron chi connectivity index (χ3n) is 3.03. The number of thioether (sulfide) groups is 1. The van der Waals surface area contributed by atoms with E-state index in [-0.39, 0.29) is 5.82 Å². The van der Waals surface area contributed by atoms with Crippen molar-refractivity contribution in [3.63, 3.8) is 0 Å². The Kier molecular flexibility index (Phi) is 6.01. The maximum absolute atomic E-state index is 12.9. The van der Waals surface area contributed by atoms with Crippen LogP contribution in [0.3, 0.4) is 0 Å². The highest BCUT2D eigenvalue weighted by molar-refractivity contribution is 7.98. The molecule has 0 bridgehead atoms. The van der Waals surface area contributed by atoms with Crippen molar-refractivity contribution in [2.75, 3.05) is 12.0 Å². The predicted octanol–water partition coefficient (Wildman–Crippen LogP) is 4.18. The first-order valence-electron chi connectivity index (χ1n) is 6.61. The van der Waals surface area contributed by atoms with Gasteiger partial charge in [-0.05, 0) is 49.6 Å². The van der Waals surface area contributed by atoms with Crippen LogP contribution in [0, 0.1) is 5.82 Å². The van der Waals surface area contributed by atoms with Gasteiger partial charge in [0.05, 0.1) is 5.69 Å².